The summed E-state index contributed by atoms with van der Waals surface area (Å²) in [7, 11) is 1.82. The van der Waals surface area contributed by atoms with E-state index >= 15 is 0 Å². The number of nitrogens with zero attached hydrogens (tertiary/aromatic N) is 3. The van der Waals surface area contributed by atoms with Gasteiger partial charge < -0.3 is 9.80 Å². The Morgan fingerprint density at radius 3 is 2.86 bits per heavy atom. The zero-order valence-corrected chi connectivity index (χ0v) is 13.2. The maximum Gasteiger partial charge on any atom is 0.219 e. The molecule has 0 aromatic heterocycles. The van der Waals surface area contributed by atoms with Crippen LogP contribution >= 0.6 is 11.8 Å². The molecule has 0 saturated carbocycles. The number of carbonyl (C=O) groups excluding carboxylic acids is 1. The summed E-state index contributed by atoms with van der Waals surface area (Å²) in [5.74, 6) is 0.0862. The van der Waals surface area contributed by atoms with Crippen LogP contribution in [0.25, 0.3) is 5.70 Å². The van der Waals surface area contributed by atoms with Crippen molar-refractivity contribution in [1.82, 2.24) is 9.80 Å². The third-order valence-corrected chi connectivity index (χ3v) is 4.69. The van der Waals surface area contributed by atoms with Crippen LogP contribution in [-0.2, 0) is 11.3 Å². The molecule has 0 fully saturated rings. The molecule has 1 aromatic rings. The summed E-state index contributed by atoms with van der Waals surface area (Å²) in [6.07, 6.45) is 1.11. The molecule has 1 amide bonds. The van der Waals surface area contributed by atoms with Gasteiger partial charge in [0.05, 0.1) is 5.70 Å². The SMILES string of the molecule is CC(=O)N(C)Cc1ccc(C2=CSC3=NCCCN23)cc1. The maximum absolute atomic E-state index is 11.3. The summed E-state index contributed by atoms with van der Waals surface area (Å²) in [5.41, 5.74) is 3.60. The first kappa shape index (κ1) is 14.2. The fraction of sp³-hybridized carbons (Fsp3) is 0.375. The quantitative estimate of drug-likeness (QED) is 0.861. The van der Waals surface area contributed by atoms with Gasteiger partial charge in [0, 0.05) is 39.0 Å². The van der Waals surface area contributed by atoms with Crippen molar-refractivity contribution in [3.05, 3.63) is 40.8 Å². The summed E-state index contributed by atoms with van der Waals surface area (Å²) in [4.78, 5) is 19.8. The Balaban J connectivity index is 1.74. The molecule has 1 aromatic carbocycles. The third kappa shape index (κ3) is 2.97. The largest absolute Gasteiger partial charge is 0.342 e. The molecule has 0 unspecified atom stereocenters. The molecule has 3 rings (SSSR count). The lowest BCUT2D eigenvalue weighted by atomic mass is 10.1. The Morgan fingerprint density at radius 2 is 2.14 bits per heavy atom. The van der Waals surface area contributed by atoms with Gasteiger partial charge in [-0.15, -0.1) is 0 Å². The van der Waals surface area contributed by atoms with Gasteiger partial charge in [0.2, 0.25) is 5.91 Å². The van der Waals surface area contributed by atoms with Gasteiger partial charge in [0.25, 0.3) is 0 Å². The lowest BCUT2D eigenvalue weighted by Crippen LogP contribution is -2.29. The van der Waals surface area contributed by atoms with Crippen molar-refractivity contribution in [3.63, 3.8) is 0 Å². The molecule has 2 heterocycles. The smallest absolute Gasteiger partial charge is 0.219 e. The predicted octanol–water partition coefficient (Wildman–Crippen LogP) is 2.77. The van der Waals surface area contributed by atoms with Crippen molar-refractivity contribution in [2.75, 3.05) is 20.1 Å². The van der Waals surface area contributed by atoms with E-state index in [-0.39, 0.29) is 5.91 Å². The van der Waals surface area contributed by atoms with E-state index in [9.17, 15) is 4.79 Å². The molecule has 0 N–H and O–H groups in total. The van der Waals surface area contributed by atoms with Crippen LogP contribution in [0, 0.1) is 0 Å². The number of benzene rings is 1. The molecule has 0 atom stereocenters. The molecule has 5 heteroatoms. The number of amidine groups is 1. The highest BCUT2D eigenvalue weighted by Crippen LogP contribution is 2.34. The molecule has 2 aliphatic heterocycles. The molecule has 0 bridgehead atoms. The van der Waals surface area contributed by atoms with Gasteiger partial charge in [-0.25, -0.2) is 0 Å². The second-order valence-electron chi connectivity index (χ2n) is 5.36. The van der Waals surface area contributed by atoms with Crippen molar-refractivity contribution < 1.29 is 4.79 Å². The van der Waals surface area contributed by atoms with Crippen molar-refractivity contribution >= 4 is 28.5 Å². The molecule has 0 saturated heterocycles. The van der Waals surface area contributed by atoms with E-state index in [1.54, 1.807) is 23.6 Å². The standard InChI is InChI=1S/C16H19N3OS/c1-12(20)18(2)10-13-4-6-14(7-5-13)15-11-21-16-17-8-3-9-19(15)16/h4-7,11H,3,8-10H2,1-2H3. The second-order valence-corrected chi connectivity index (χ2v) is 6.20. The zero-order valence-electron chi connectivity index (χ0n) is 12.4. The molecule has 0 aliphatic carbocycles. The molecule has 0 radical (unpaired) electrons. The minimum atomic E-state index is 0.0862. The van der Waals surface area contributed by atoms with Crippen LogP contribution in [0.1, 0.15) is 24.5 Å². The number of fused-ring (bicyclic) bond motifs is 1. The first-order chi connectivity index (χ1) is 10.1. The fourth-order valence-electron chi connectivity index (χ4n) is 2.47. The van der Waals surface area contributed by atoms with E-state index in [4.69, 9.17) is 0 Å². The second kappa shape index (κ2) is 5.93. The van der Waals surface area contributed by atoms with Gasteiger partial charge in [0.15, 0.2) is 5.17 Å². The van der Waals surface area contributed by atoms with Crippen LogP contribution in [0.3, 0.4) is 0 Å². The molecule has 21 heavy (non-hydrogen) atoms. The Labute approximate surface area is 129 Å². The average molecular weight is 301 g/mol. The molecular formula is C16H19N3OS. The first-order valence-electron chi connectivity index (χ1n) is 7.15. The normalized spacial score (nSPS) is 17.1. The van der Waals surface area contributed by atoms with E-state index in [1.807, 2.05) is 7.05 Å². The summed E-state index contributed by atoms with van der Waals surface area (Å²) < 4.78 is 0. The number of thioether (sulfide) groups is 1. The average Bonchev–Trinajstić information content (AvgIpc) is 2.92. The zero-order chi connectivity index (χ0) is 14.8. The third-order valence-electron chi connectivity index (χ3n) is 3.79. The van der Waals surface area contributed by atoms with Crippen LogP contribution in [0.2, 0.25) is 0 Å². The summed E-state index contributed by atoms with van der Waals surface area (Å²) in [5, 5.41) is 3.30. The number of amides is 1. The highest BCUT2D eigenvalue weighted by atomic mass is 32.2. The van der Waals surface area contributed by atoms with Gasteiger partial charge in [-0.3, -0.25) is 9.79 Å². The van der Waals surface area contributed by atoms with E-state index in [0.29, 0.717) is 6.54 Å². The van der Waals surface area contributed by atoms with Gasteiger partial charge in [-0.1, -0.05) is 36.0 Å². The Hall–Kier alpha value is -1.75. The lowest BCUT2D eigenvalue weighted by molar-refractivity contribution is -0.128. The van der Waals surface area contributed by atoms with Gasteiger partial charge in [0.1, 0.15) is 0 Å². The minimum absolute atomic E-state index is 0.0862. The summed E-state index contributed by atoms with van der Waals surface area (Å²) >= 11 is 1.71. The predicted molar refractivity (Wildman–Crippen MR) is 87.8 cm³/mol. The monoisotopic (exact) mass is 301 g/mol. The Kier molecular flexibility index (Phi) is 4.01. The van der Waals surface area contributed by atoms with Crippen LogP contribution in [-0.4, -0.2) is 41.0 Å². The molecule has 110 valence electrons. The molecule has 2 aliphatic rings. The van der Waals surface area contributed by atoms with Crippen molar-refractivity contribution in [3.8, 4) is 0 Å². The van der Waals surface area contributed by atoms with Crippen molar-refractivity contribution in [1.29, 1.82) is 0 Å². The van der Waals surface area contributed by atoms with Crippen molar-refractivity contribution in [2.24, 2.45) is 4.99 Å². The number of hydrogen-bond acceptors (Lipinski definition) is 4. The van der Waals surface area contributed by atoms with Gasteiger partial charge in [-0.2, -0.15) is 0 Å². The first-order valence-corrected chi connectivity index (χ1v) is 8.03. The van der Waals surface area contributed by atoms with E-state index in [0.717, 1.165) is 30.2 Å². The van der Waals surface area contributed by atoms with Crippen LogP contribution in [0.15, 0.2) is 34.7 Å². The number of rotatable bonds is 3. The molecule has 0 spiro atoms. The minimum Gasteiger partial charge on any atom is -0.342 e. The highest BCUT2D eigenvalue weighted by molar-refractivity contribution is 8.16. The van der Waals surface area contributed by atoms with Crippen molar-refractivity contribution in [2.45, 2.75) is 19.9 Å². The molecule has 4 nitrogen and oxygen atoms in total. The number of aliphatic imine (C=N–C) groups is 1. The summed E-state index contributed by atoms with van der Waals surface area (Å²) in [6, 6.07) is 8.46. The highest BCUT2D eigenvalue weighted by Gasteiger charge is 2.25. The van der Waals surface area contributed by atoms with Gasteiger partial charge in [-0.05, 0) is 17.5 Å². The maximum atomic E-state index is 11.3. The Morgan fingerprint density at radius 1 is 1.38 bits per heavy atom. The Bertz CT molecular complexity index is 606. The molecular weight excluding hydrogens is 282 g/mol. The van der Waals surface area contributed by atoms with E-state index < -0.39 is 0 Å². The number of hydrogen-bond donors (Lipinski definition) is 0. The lowest BCUT2D eigenvalue weighted by Gasteiger charge is -2.25. The summed E-state index contributed by atoms with van der Waals surface area (Å²) in [6.45, 7) is 4.23. The number of carbonyl (C=O) groups is 1. The van der Waals surface area contributed by atoms with E-state index in [1.165, 1.54) is 11.3 Å². The topological polar surface area (TPSA) is 35.9 Å². The van der Waals surface area contributed by atoms with Crippen LogP contribution in [0.4, 0.5) is 0 Å². The fourth-order valence-corrected chi connectivity index (χ4v) is 3.43. The van der Waals surface area contributed by atoms with Crippen LogP contribution in [0.5, 0.6) is 0 Å². The van der Waals surface area contributed by atoms with E-state index in [2.05, 4.69) is 39.6 Å². The van der Waals surface area contributed by atoms with Gasteiger partial charge >= 0.3 is 0 Å². The van der Waals surface area contributed by atoms with Crippen LogP contribution < -0.4 is 0 Å².